The maximum Gasteiger partial charge on any atom is 0.401 e. The van der Waals surface area contributed by atoms with Crippen molar-refractivity contribution in [1.82, 2.24) is 4.90 Å². The first-order chi connectivity index (χ1) is 6.76. The molecule has 0 rings (SSSR count). The Bertz CT molecular complexity index is 173. The zero-order valence-electron chi connectivity index (χ0n) is 9.21. The third-order valence-corrected chi connectivity index (χ3v) is 1.92. The highest BCUT2D eigenvalue weighted by Crippen LogP contribution is 2.18. The molecule has 0 aliphatic rings. The summed E-state index contributed by atoms with van der Waals surface area (Å²) >= 11 is 0. The molecule has 0 amide bonds. The molecule has 0 aliphatic heterocycles. The predicted molar refractivity (Wildman–Crippen MR) is 50.6 cm³/mol. The van der Waals surface area contributed by atoms with Gasteiger partial charge in [0.05, 0.1) is 19.3 Å². The van der Waals surface area contributed by atoms with Gasteiger partial charge in [0.2, 0.25) is 0 Å². The SMILES string of the molecule is COCC(O)CN(CC(F)(F)F)C(C)C. The summed E-state index contributed by atoms with van der Waals surface area (Å²) in [5.41, 5.74) is 0. The lowest BCUT2D eigenvalue weighted by Crippen LogP contribution is -2.44. The second kappa shape index (κ2) is 6.30. The smallest absolute Gasteiger partial charge is 0.389 e. The highest BCUT2D eigenvalue weighted by atomic mass is 19.4. The third kappa shape index (κ3) is 7.58. The number of hydrogen-bond donors (Lipinski definition) is 1. The van der Waals surface area contributed by atoms with Gasteiger partial charge < -0.3 is 9.84 Å². The van der Waals surface area contributed by atoms with Crippen LogP contribution in [0, 0.1) is 0 Å². The normalized spacial score (nSPS) is 15.0. The highest BCUT2D eigenvalue weighted by molar-refractivity contribution is 4.71. The molecule has 0 aromatic heterocycles. The minimum Gasteiger partial charge on any atom is -0.389 e. The average Bonchev–Trinajstić information content (AvgIpc) is 2.00. The average molecular weight is 229 g/mol. The predicted octanol–water partition coefficient (Wildman–Crippen LogP) is 1.27. The lowest BCUT2D eigenvalue weighted by Gasteiger charge is -2.29. The zero-order chi connectivity index (χ0) is 12.1. The zero-order valence-corrected chi connectivity index (χ0v) is 9.21. The van der Waals surface area contributed by atoms with Crippen molar-refractivity contribution in [3.05, 3.63) is 0 Å². The van der Waals surface area contributed by atoms with Crippen molar-refractivity contribution in [2.24, 2.45) is 0 Å². The van der Waals surface area contributed by atoms with E-state index in [0.29, 0.717) is 0 Å². The van der Waals surface area contributed by atoms with Crippen molar-refractivity contribution in [3.63, 3.8) is 0 Å². The van der Waals surface area contributed by atoms with Crippen LogP contribution in [-0.2, 0) is 4.74 Å². The molecule has 0 aromatic rings. The van der Waals surface area contributed by atoms with Gasteiger partial charge in [0.1, 0.15) is 0 Å². The van der Waals surface area contributed by atoms with Crippen LogP contribution in [0.2, 0.25) is 0 Å². The molecule has 92 valence electrons. The highest BCUT2D eigenvalue weighted by Gasteiger charge is 2.32. The first kappa shape index (κ1) is 14.7. The van der Waals surface area contributed by atoms with E-state index in [1.165, 1.54) is 12.0 Å². The molecule has 0 fully saturated rings. The number of hydrogen-bond acceptors (Lipinski definition) is 3. The first-order valence-corrected chi connectivity index (χ1v) is 4.74. The number of nitrogens with zero attached hydrogens (tertiary/aromatic N) is 1. The Balaban J connectivity index is 4.16. The van der Waals surface area contributed by atoms with E-state index in [-0.39, 0.29) is 19.2 Å². The largest absolute Gasteiger partial charge is 0.401 e. The van der Waals surface area contributed by atoms with Crippen LogP contribution in [0.4, 0.5) is 13.2 Å². The lowest BCUT2D eigenvalue weighted by atomic mass is 10.2. The Morgan fingerprint density at radius 1 is 1.33 bits per heavy atom. The van der Waals surface area contributed by atoms with Gasteiger partial charge in [-0.05, 0) is 13.8 Å². The van der Waals surface area contributed by atoms with Crippen molar-refractivity contribution in [2.75, 3.05) is 26.8 Å². The van der Waals surface area contributed by atoms with Crippen molar-refractivity contribution in [2.45, 2.75) is 32.2 Å². The van der Waals surface area contributed by atoms with E-state index in [9.17, 15) is 18.3 Å². The van der Waals surface area contributed by atoms with Gasteiger partial charge in [-0.15, -0.1) is 0 Å². The molecule has 0 spiro atoms. The number of aliphatic hydroxyl groups is 1. The fourth-order valence-corrected chi connectivity index (χ4v) is 1.20. The van der Waals surface area contributed by atoms with Crippen LogP contribution in [0.3, 0.4) is 0 Å². The van der Waals surface area contributed by atoms with E-state index >= 15 is 0 Å². The van der Waals surface area contributed by atoms with E-state index in [1.807, 2.05) is 0 Å². The maximum atomic E-state index is 12.1. The van der Waals surface area contributed by atoms with Crippen molar-refractivity contribution in [1.29, 1.82) is 0 Å². The van der Waals surface area contributed by atoms with Gasteiger partial charge in [0.25, 0.3) is 0 Å². The first-order valence-electron chi connectivity index (χ1n) is 4.74. The van der Waals surface area contributed by atoms with E-state index in [2.05, 4.69) is 4.74 Å². The quantitative estimate of drug-likeness (QED) is 0.744. The fourth-order valence-electron chi connectivity index (χ4n) is 1.20. The van der Waals surface area contributed by atoms with E-state index in [4.69, 9.17) is 0 Å². The van der Waals surface area contributed by atoms with Gasteiger partial charge in [-0.2, -0.15) is 13.2 Å². The number of halogens is 3. The van der Waals surface area contributed by atoms with Crippen LogP contribution < -0.4 is 0 Å². The summed E-state index contributed by atoms with van der Waals surface area (Å²) in [6, 6.07) is -0.266. The van der Waals surface area contributed by atoms with Crippen LogP contribution in [-0.4, -0.2) is 55.1 Å². The summed E-state index contributed by atoms with van der Waals surface area (Å²) in [4.78, 5) is 1.17. The second-order valence-electron chi connectivity index (χ2n) is 3.75. The van der Waals surface area contributed by atoms with Crippen molar-refractivity contribution in [3.8, 4) is 0 Å². The summed E-state index contributed by atoms with van der Waals surface area (Å²) in [5.74, 6) is 0. The molecule has 0 radical (unpaired) electrons. The molecular weight excluding hydrogens is 211 g/mol. The molecular formula is C9H18F3NO2. The van der Waals surface area contributed by atoms with E-state index in [1.54, 1.807) is 13.8 Å². The summed E-state index contributed by atoms with van der Waals surface area (Å²) < 4.78 is 41.1. The summed E-state index contributed by atoms with van der Waals surface area (Å²) in [6.07, 6.45) is -5.13. The van der Waals surface area contributed by atoms with Gasteiger partial charge in [-0.1, -0.05) is 0 Å². The standard InChI is InChI=1S/C9H18F3NO2/c1-7(2)13(6-9(10,11)12)4-8(14)5-15-3/h7-8,14H,4-6H2,1-3H3. The molecule has 0 saturated carbocycles. The Labute approximate surface area is 87.8 Å². The number of methoxy groups -OCH3 is 1. The summed E-state index contributed by atoms with van der Waals surface area (Å²) in [5, 5.41) is 9.33. The van der Waals surface area contributed by atoms with Gasteiger partial charge in [0, 0.05) is 19.7 Å². The van der Waals surface area contributed by atoms with E-state index in [0.717, 1.165) is 0 Å². The Hall–Kier alpha value is -0.330. The van der Waals surface area contributed by atoms with Crippen molar-refractivity contribution < 1.29 is 23.0 Å². The summed E-state index contributed by atoms with van der Waals surface area (Å²) in [6.45, 7) is 2.31. The second-order valence-corrected chi connectivity index (χ2v) is 3.75. The van der Waals surface area contributed by atoms with Crippen LogP contribution in [0.15, 0.2) is 0 Å². The molecule has 15 heavy (non-hydrogen) atoms. The monoisotopic (exact) mass is 229 g/mol. The topological polar surface area (TPSA) is 32.7 Å². The molecule has 0 bridgehead atoms. The van der Waals surface area contributed by atoms with Gasteiger partial charge in [0.15, 0.2) is 0 Å². The molecule has 3 nitrogen and oxygen atoms in total. The number of aliphatic hydroxyl groups excluding tert-OH is 1. The molecule has 1 N–H and O–H groups in total. The molecule has 0 aromatic carbocycles. The minimum atomic E-state index is -4.24. The van der Waals surface area contributed by atoms with Gasteiger partial charge in [-0.3, -0.25) is 4.90 Å². The van der Waals surface area contributed by atoms with E-state index < -0.39 is 18.8 Å². The third-order valence-electron chi connectivity index (χ3n) is 1.92. The number of rotatable bonds is 6. The molecule has 0 heterocycles. The van der Waals surface area contributed by atoms with Crippen LogP contribution in [0.5, 0.6) is 0 Å². The van der Waals surface area contributed by atoms with Crippen molar-refractivity contribution >= 4 is 0 Å². The molecule has 1 atom stereocenters. The summed E-state index contributed by atoms with van der Waals surface area (Å²) in [7, 11) is 1.40. The lowest BCUT2D eigenvalue weighted by molar-refractivity contribution is -0.153. The Kier molecular flexibility index (Phi) is 6.16. The molecule has 6 heteroatoms. The number of alkyl halides is 3. The van der Waals surface area contributed by atoms with Crippen LogP contribution in [0.1, 0.15) is 13.8 Å². The van der Waals surface area contributed by atoms with Crippen LogP contribution in [0.25, 0.3) is 0 Å². The maximum absolute atomic E-state index is 12.1. The van der Waals surface area contributed by atoms with Crippen LogP contribution >= 0.6 is 0 Å². The number of ether oxygens (including phenoxy) is 1. The van der Waals surface area contributed by atoms with Gasteiger partial charge >= 0.3 is 6.18 Å². The molecule has 1 unspecified atom stereocenters. The van der Waals surface area contributed by atoms with Gasteiger partial charge in [-0.25, -0.2) is 0 Å². The fraction of sp³-hybridized carbons (Fsp3) is 1.00. The molecule has 0 aliphatic carbocycles. The molecule has 0 saturated heterocycles. The Morgan fingerprint density at radius 2 is 1.87 bits per heavy atom. The minimum absolute atomic E-state index is 0.0367. The Morgan fingerprint density at radius 3 is 2.20 bits per heavy atom.